The number of nitrogens with one attached hydrogen (secondary N) is 1. The van der Waals surface area contributed by atoms with Crippen LogP contribution in [0.1, 0.15) is 15.9 Å². The van der Waals surface area contributed by atoms with Gasteiger partial charge in [0.05, 0.1) is 11.5 Å². The Hall–Kier alpha value is -2.97. The van der Waals surface area contributed by atoms with E-state index in [1.54, 1.807) is 6.07 Å². The van der Waals surface area contributed by atoms with Crippen LogP contribution in [0.2, 0.25) is 10.0 Å². The lowest BCUT2D eigenvalue weighted by Gasteiger charge is -2.06. The molecule has 0 saturated heterocycles. The first-order valence-corrected chi connectivity index (χ1v) is 8.32. The number of carbonyl (C=O) groups excluding carboxylic acids is 1. The molecule has 0 atom stereocenters. The fourth-order valence-electron chi connectivity index (χ4n) is 2.32. The molecule has 1 N–H and O–H groups in total. The molecule has 0 bridgehead atoms. The van der Waals surface area contributed by atoms with E-state index in [2.05, 4.69) is 10.4 Å². The van der Waals surface area contributed by atoms with E-state index >= 15 is 0 Å². The molecule has 2 aromatic carbocycles. The number of non-ortho nitro benzene ring substituents is 1. The van der Waals surface area contributed by atoms with E-state index in [1.165, 1.54) is 47.3 Å². The Labute approximate surface area is 162 Å². The van der Waals surface area contributed by atoms with Crippen LogP contribution in [0.25, 0.3) is 0 Å². The molecule has 1 amide bonds. The standard InChI is InChI=1S/C17H11Cl2FN4O3/c18-13-2-1-3-15(20)12(13)8-23-9-14(19)16(22-23)21-17(25)10-4-6-11(7-5-10)24(26)27/h1-7,9H,8H2,(H,21,22,25). The normalized spacial score (nSPS) is 10.6. The van der Waals surface area contributed by atoms with Crippen molar-refractivity contribution in [3.05, 3.63) is 85.8 Å². The van der Waals surface area contributed by atoms with Gasteiger partial charge in [0.15, 0.2) is 5.82 Å². The maximum absolute atomic E-state index is 13.9. The number of halogens is 3. The van der Waals surface area contributed by atoms with E-state index in [0.29, 0.717) is 0 Å². The van der Waals surface area contributed by atoms with Gasteiger partial charge in [-0.2, -0.15) is 5.10 Å². The zero-order valence-electron chi connectivity index (χ0n) is 13.5. The van der Waals surface area contributed by atoms with Crippen molar-refractivity contribution in [2.45, 2.75) is 6.54 Å². The predicted octanol–water partition coefficient (Wildman–Crippen LogP) is 4.54. The van der Waals surface area contributed by atoms with Gasteiger partial charge < -0.3 is 5.32 Å². The van der Waals surface area contributed by atoms with Crippen molar-refractivity contribution in [2.75, 3.05) is 5.32 Å². The summed E-state index contributed by atoms with van der Waals surface area (Å²) < 4.78 is 15.2. The zero-order valence-corrected chi connectivity index (χ0v) is 15.0. The Morgan fingerprint density at radius 2 is 1.89 bits per heavy atom. The van der Waals surface area contributed by atoms with Gasteiger partial charge in [0, 0.05) is 34.5 Å². The van der Waals surface area contributed by atoms with E-state index in [0.717, 1.165) is 0 Å². The van der Waals surface area contributed by atoms with Crippen molar-refractivity contribution in [1.82, 2.24) is 9.78 Å². The quantitative estimate of drug-likeness (QED) is 0.495. The Morgan fingerprint density at radius 3 is 2.52 bits per heavy atom. The first-order chi connectivity index (χ1) is 12.8. The fourth-order valence-corrected chi connectivity index (χ4v) is 2.74. The molecule has 27 heavy (non-hydrogen) atoms. The minimum Gasteiger partial charge on any atom is -0.304 e. The Bertz CT molecular complexity index is 1000. The molecular formula is C17H11Cl2FN4O3. The number of benzene rings is 2. The van der Waals surface area contributed by atoms with Gasteiger partial charge >= 0.3 is 0 Å². The van der Waals surface area contributed by atoms with Crippen molar-refractivity contribution in [2.24, 2.45) is 0 Å². The van der Waals surface area contributed by atoms with Gasteiger partial charge in [-0.05, 0) is 24.3 Å². The summed E-state index contributed by atoms with van der Waals surface area (Å²) in [4.78, 5) is 22.3. The first kappa shape index (κ1) is 18.8. The topological polar surface area (TPSA) is 90.1 Å². The molecule has 3 aromatic rings. The second-order valence-electron chi connectivity index (χ2n) is 5.48. The number of anilines is 1. The Balaban J connectivity index is 1.76. The summed E-state index contributed by atoms with van der Waals surface area (Å²) in [5.41, 5.74) is 0.311. The van der Waals surface area contributed by atoms with Crippen LogP contribution in [0.4, 0.5) is 15.9 Å². The number of nitro groups is 1. The van der Waals surface area contributed by atoms with Gasteiger partial charge in [-0.3, -0.25) is 19.6 Å². The highest BCUT2D eigenvalue weighted by atomic mass is 35.5. The van der Waals surface area contributed by atoms with E-state index < -0.39 is 16.6 Å². The molecule has 0 aliphatic rings. The van der Waals surface area contributed by atoms with Crippen LogP contribution in [-0.4, -0.2) is 20.6 Å². The van der Waals surface area contributed by atoms with Crippen molar-refractivity contribution < 1.29 is 14.1 Å². The SMILES string of the molecule is O=C(Nc1nn(Cc2c(F)cccc2Cl)cc1Cl)c1ccc([N+](=O)[O-])cc1. The highest BCUT2D eigenvalue weighted by molar-refractivity contribution is 6.33. The molecule has 7 nitrogen and oxygen atoms in total. The lowest BCUT2D eigenvalue weighted by atomic mass is 10.2. The second-order valence-corrected chi connectivity index (χ2v) is 6.30. The van der Waals surface area contributed by atoms with Crippen molar-refractivity contribution in [3.63, 3.8) is 0 Å². The lowest BCUT2D eigenvalue weighted by Crippen LogP contribution is -2.13. The third-order valence-electron chi connectivity index (χ3n) is 3.67. The van der Waals surface area contributed by atoms with Gasteiger partial charge in [-0.25, -0.2) is 4.39 Å². The molecule has 138 valence electrons. The van der Waals surface area contributed by atoms with Crippen LogP contribution in [0.3, 0.4) is 0 Å². The van der Waals surface area contributed by atoms with Gasteiger partial charge in [-0.1, -0.05) is 29.3 Å². The smallest absolute Gasteiger partial charge is 0.269 e. The minimum atomic E-state index is -0.561. The molecule has 0 saturated carbocycles. The molecule has 0 radical (unpaired) electrons. The number of carbonyl (C=O) groups is 1. The molecule has 1 heterocycles. The number of rotatable bonds is 5. The molecule has 0 aliphatic carbocycles. The van der Waals surface area contributed by atoms with Crippen molar-refractivity contribution >= 4 is 40.6 Å². The van der Waals surface area contributed by atoms with Gasteiger partial charge in [-0.15, -0.1) is 0 Å². The van der Waals surface area contributed by atoms with E-state index in [-0.39, 0.29) is 39.2 Å². The van der Waals surface area contributed by atoms with Crippen LogP contribution in [0.5, 0.6) is 0 Å². The number of hydrogen-bond acceptors (Lipinski definition) is 4. The molecule has 0 aliphatic heterocycles. The molecule has 0 fully saturated rings. The lowest BCUT2D eigenvalue weighted by molar-refractivity contribution is -0.384. The number of hydrogen-bond donors (Lipinski definition) is 1. The number of nitro benzene ring substituents is 1. The van der Waals surface area contributed by atoms with E-state index in [4.69, 9.17) is 23.2 Å². The molecule has 0 unspecified atom stereocenters. The molecule has 1 aromatic heterocycles. The highest BCUT2D eigenvalue weighted by Crippen LogP contribution is 2.24. The van der Waals surface area contributed by atoms with Gasteiger partial charge in [0.1, 0.15) is 10.8 Å². The molecular weight excluding hydrogens is 398 g/mol. The summed E-state index contributed by atoms with van der Waals surface area (Å²) in [6.45, 7) is 0.0264. The van der Waals surface area contributed by atoms with E-state index in [9.17, 15) is 19.3 Å². The summed E-state index contributed by atoms with van der Waals surface area (Å²) in [6, 6.07) is 9.40. The zero-order chi connectivity index (χ0) is 19.6. The summed E-state index contributed by atoms with van der Waals surface area (Å²) >= 11 is 12.1. The predicted molar refractivity (Wildman–Crippen MR) is 98.8 cm³/mol. The first-order valence-electron chi connectivity index (χ1n) is 7.57. The maximum Gasteiger partial charge on any atom is 0.269 e. The van der Waals surface area contributed by atoms with Gasteiger partial charge in [0.25, 0.3) is 11.6 Å². The van der Waals surface area contributed by atoms with Gasteiger partial charge in [0.2, 0.25) is 0 Å². The minimum absolute atomic E-state index is 0.0264. The molecule has 3 rings (SSSR count). The van der Waals surface area contributed by atoms with Crippen LogP contribution in [0.15, 0.2) is 48.7 Å². The van der Waals surface area contributed by atoms with Crippen molar-refractivity contribution in [3.8, 4) is 0 Å². The van der Waals surface area contributed by atoms with Crippen LogP contribution in [0, 0.1) is 15.9 Å². The largest absolute Gasteiger partial charge is 0.304 e. The molecule has 10 heteroatoms. The average Bonchev–Trinajstić information content (AvgIpc) is 2.97. The average molecular weight is 409 g/mol. The second kappa shape index (κ2) is 7.73. The monoisotopic (exact) mass is 408 g/mol. The summed E-state index contributed by atoms with van der Waals surface area (Å²) in [6.07, 6.45) is 1.43. The van der Waals surface area contributed by atoms with E-state index in [1.807, 2.05) is 0 Å². The highest BCUT2D eigenvalue weighted by Gasteiger charge is 2.15. The summed E-state index contributed by atoms with van der Waals surface area (Å²) in [5, 5.41) is 17.7. The maximum atomic E-state index is 13.9. The fraction of sp³-hybridized carbons (Fsp3) is 0.0588. The Kier molecular flexibility index (Phi) is 5.38. The third-order valence-corrected chi connectivity index (χ3v) is 4.30. The Morgan fingerprint density at radius 1 is 1.19 bits per heavy atom. The van der Waals surface area contributed by atoms with Crippen LogP contribution >= 0.6 is 23.2 Å². The number of amides is 1. The van der Waals surface area contributed by atoms with Crippen LogP contribution < -0.4 is 5.32 Å². The number of nitrogens with zero attached hydrogens (tertiary/aromatic N) is 3. The molecule has 0 spiro atoms. The number of aromatic nitrogens is 2. The van der Waals surface area contributed by atoms with Crippen LogP contribution in [-0.2, 0) is 6.54 Å². The summed E-state index contributed by atoms with van der Waals surface area (Å²) in [7, 11) is 0. The third kappa shape index (κ3) is 4.24. The summed E-state index contributed by atoms with van der Waals surface area (Å²) in [5.74, 6) is -0.945. The van der Waals surface area contributed by atoms with Crippen molar-refractivity contribution in [1.29, 1.82) is 0 Å².